The number of hydrogen-bond acceptors (Lipinski definition) is 4. The van der Waals surface area contributed by atoms with Crippen molar-refractivity contribution in [2.75, 3.05) is 5.73 Å². The Hall–Kier alpha value is -1.05. The van der Waals surface area contributed by atoms with E-state index in [-0.39, 0.29) is 24.0 Å². The number of thiazole rings is 1. The number of anilines is 1. The van der Waals surface area contributed by atoms with Gasteiger partial charge < -0.3 is 5.73 Å². The summed E-state index contributed by atoms with van der Waals surface area (Å²) in [5, 5.41) is 0.660. The second-order valence-electron chi connectivity index (χ2n) is 5.05. The van der Waals surface area contributed by atoms with E-state index in [1.165, 1.54) is 27.1 Å². The van der Waals surface area contributed by atoms with Crippen molar-refractivity contribution in [3.05, 3.63) is 52.4 Å². The van der Waals surface area contributed by atoms with Gasteiger partial charge in [-0.1, -0.05) is 42.6 Å². The summed E-state index contributed by atoms with van der Waals surface area (Å²) < 4.78 is 0. The average molecular weight is 424 g/mol. The fraction of sp³-hybridized carbons (Fsp3) is 0.125. The number of thiocarbonyl (C=S) groups is 1. The van der Waals surface area contributed by atoms with Gasteiger partial charge in [0.15, 0.2) is 5.13 Å². The zero-order chi connectivity index (χ0) is 13.7. The largest absolute Gasteiger partial charge is 0.375 e. The fourth-order valence-electron chi connectivity index (χ4n) is 2.79. The van der Waals surface area contributed by atoms with Crippen LogP contribution in [-0.4, -0.2) is 9.85 Å². The molecule has 0 spiro atoms. The van der Waals surface area contributed by atoms with Crippen molar-refractivity contribution < 1.29 is 0 Å². The summed E-state index contributed by atoms with van der Waals surface area (Å²) in [4.78, 5) is 6.71. The van der Waals surface area contributed by atoms with E-state index in [0.717, 1.165) is 23.4 Å². The van der Waals surface area contributed by atoms with Gasteiger partial charge in [-0.2, -0.15) is 0 Å². The Kier molecular flexibility index (Phi) is 3.98. The lowest BCUT2D eigenvalue weighted by Gasteiger charge is -2.10. The van der Waals surface area contributed by atoms with E-state index < -0.39 is 0 Å². The first-order valence-corrected chi connectivity index (χ1v) is 7.73. The van der Waals surface area contributed by atoms with Gasteiger partial charge >= 0.3 is 0 Å². The van der Waals surface area contributed by atoms with Crippen LogP contribution in [-0.2, 0) is 6.42 Å². The molecule has 0 fully saturated rings. The van der Waals surface area contributed by atoms with E-state index >= 15 is 0 Å². The second-order valence-corrected chi connectivity index (χ2v) is 6.68. The number of rotatable bonds is 1. The molecule has 0 amide bonds. The molecule has 106 valence electrons. The predicted molar refractivity (Wildman–Crippen MR) is 105 cm³/mol. The van der Waals surface area contributed by atoms with E-state index in [1.807, 2.05) is 0 Å². The van der Waals surface area contributed by atoms with Gasteiger partial charge in [0.1, 0.15) is 0 Å². The van der Waals surface area contributed by atoms with Crippen LogP contribution in [0.5, 0.6) is 0 Å². The molecular formula is C16H13IN2S2. The third kappa shape index (κ3) is 2.58. The van der Waals surface area contributed by atoms with Gasteiger partial charge in [0.25, 0.3) is 0 Å². The van der Waals surface area contributed by atoms with Crippen molar-refractivity contribution in [1.29, 1.82) is 0 Å². The molecule has 0 unspecified atom stereocenters. The average Bonchev–Trinajstić information content (AvgIpc) is 2.93. The van der Waals surface area contributed by atoms with Crippen LogP contribution < -0.4 is 5.73 Å². The lowest BCUT2D eigenvalue weighted by Crippen LogP contribution is -1.95. The van der Waals surface area contributed by atoms with Crippen molar-refractivity contribution in [1.82, 2.24) is 4.98 Å². The zero-order valence-electron chi connectivity index (χ0n) is 11.1. The van der Waals surface area contributed by atoms with Crippen LogP contribution in [0.2, 0.25) is 0 Å². The van der Waals surface area contributed by atoms with Gasteiger partial charge in [0, 0.05) is 28.1 Å². The van der Waals surface area contributed by atoms with Gasteiger partial charge in [0.05, 0.1) is 5.69 Å². The lowest BCUT2D eigenvalue weighted by molar-refractivity contribution is 1.30. The Labute approximate surface area is 149 Å². The van der Waals surface area contributed by atoms with Crippen molar-refractivity contribution in [3.8, 4) is 11.3 Å². The first kappa shape index (κ1) is 14.9. The highest BCUT2D eigenvalue weighted by atomic mass is 127. The highest BCUT2D eigenvalue weighted by Crippen LogP contribution is 2.41. The molecule has 5 heteroatoms. The summed E-state index contributed by atoms with van der Waals surface area (Å²) in [6.07, 6.45) is 8.19. The van der Waals surface area contributed by atoms with Crippen LogP contribution in [0.4, 0.5) is 5.13 Å². The molecule has 0 atom stereocenters. The van der Waals surface area contributed by atoms with E-state index in [9.17, 15) is 0 Å². The molecule has 0 bridgehead atoms. The molecule has 1 heterocycles. The molecule has 2 aliphatic carbocycles. The summed E-state index contributed by atoms with van der Waals surface area (Å²) in [5.74, 6) is 0. The molecule has 21 heavy (non-hydrogen) atoms. The van der Waals surface area contributed by atoms with Crippen LogP contribution in [0.1, 0.15) is 22.4 Å². The monoisotopic (exact) mass is 424 g/mol. The maximum Gasteiger partial charge on any atom is 0.180 e. The van der Waals surface area contributed by atoms with Crippen molar-refractivity contribution in [2.45, 2.75) is 12.8 Å². The normalized spacial score (nSPS) is 15.2. The van der Waals surface area contributed by atoms with E-state index in [2.05, 4.69) is 41.4 Å². The molecule has 2 nitrogen and oxygen atoms in total. The highest BCUT2D eigenvalue weighted by molar-refractivity contribution is 14.0. The molecule has 0 saturated carbocycles. The second kappa shape index (κ2) is 5.62. The van der Waals surface area contributed by atoms with Gasteiger partial charge in [-0.15, -0.1) is 35.3 Å². The maximum absolute atomic E-state index is 5.78. The fourth-order valence-corrected chi connectivity index (χ4v) is 3.88. The number of hydrogen-bond donors (Lipinski definition) is 1. The Bertz CT molecular complexity index is 803. The number of nitrogens with two attached hydrogens (primary N) is 1. The number of nitrogen functional groups attached to an aromatic ring is 1. The van der Waals surface area contributed by atoms with Gasteiger partial charge in [-0.25, -0.2) is 4.98 Å². The van der Waals surface area contributed by atoms with Crippen LogP contribution in [0.3, 0.4) is 0 Å². The molecular weight excluding hydrogens is 411 g/mol. The van der Waals surface area contributed by atoms with Gasteiger partial charge in [0.2, 0.25) is 0 Å². The predicted octanol–water partition coefficient (Wildman–Crippen LogP) is 4.63. The summed E-state index contributed by atoms with van der Waals surface area (Å²) in [6.45, 7) is 0. The van der Waals surface area contributed by atoms with Crippen LogP contribution in [0, 0.1) is 0 Å². The molecule has 4 rings (SSSR count). The maximum atomic E-state index is 5.78. The van der Waals surface area contributed by atoms with E-state index in [4.69, 9.17) is 18.0 Å². The number of fused-ring (bicyclic) bond motifs is 3. The lowest BCUT2D eigenvalue weighted by atomic mass is 9.96. The first-order valence-electron chi connectivity index (χ1n) is 6.50. The summed E-state index contributed by atoms with van der Waals surface area (Å²) >= 11 is 6.88. The third-order valence-corrected chi connectivity index (χ3v) is 4.86. The number of benzene rings is 1. The number of allylic oxidation sites excluding steroid dienone is 4. The van der Waals surface area contributed by atoms with Crippen LogP contribution >= 0.6 is 47.5 Å². The van der Waals surface area contributed by atoms with E-state index in [1.54, 1.807) is 11.3 Å². The molecule has 1 aromatic carbocycles. The zero-order valence-corrected chi connectivity index (χ0v) is 15.1. The standard InChI is InChI=1S/C16H12N2S2.HI/c17-16-18-15-13-5-4-10(6-11(13)8-14(15)20-16)9-2-1-3-12(19)7-9;/h1-2,4-7H,3,8H2,(H2,17,18);1H. The SMILES string of the molecule is I.Nc1nc2c(s1)Cc1cc(C3=CC(=S)CC=C3)ccc1-2. The Morgan fingerprint density at radius 1 is 1.29 bits per heavy atom. The smallest absolute Gasteiger partial charge is 0.180 e. The minimum atomic E-state index is 0. The number of aromatic nitrogens is 1. The van der Waals surface area contributed by atoms with Crippen molar-refractivity contribution in [3.63, 3.8) is 0 Å². The minimum absolute atomic E-state index is 0. The Balaban J connectivity index is 0.00000132. The third-order valence-electron chi connectivity index (χ3n) is 3.69. The first-order chi connectivity index (χ1) is 9.70. The quantitative estimate of drug-likeness (QED) is 0.458. The number of halogens is 1. The van der Waals surface area contributed by atoms with Crippen molar-refractivity contribution >= 4 is 63.1 Å². The minimum Gasteiger partial charge on any atom is -0.375 e. The van der Waals surface area contributed by atoms with Crippen LogP contribution in [0.25, 0.3) is 16.8 Å². The molecule has 2 aliphatic rings. The molecule has 2 N–H and O–H groups in total. The van der Waals surface area contributed by atoms with Crippen LogP contribution in [0.15, 0.2) is 36.4 Å². The van der Waals surface area contributed by atoms with E-state index in [0.29, 0.717) is 5.13 Å². The molecule has 2 aromatic rings. The molecule has 0 radical (unpaired) electrons. The Morgan fingerprint density at radius 2 is 2.14 bits per heavy atom. The highest BCUT2D eigenvalue weighted by Gasteiger charge is 2.23. The molecule has 0 saturated heterocycles. The summed E-state index contributed by atoms with van der Waals surface area (Å²) in [7, 11) is 0. The molecule has 1 aromatic heterocycles. The topological polar surface area (TPSA) is 38.9 Å². The van der Waals surface area contributed by atoms with Gasteiger partial charge in [-0.05, 0) is 22.8 Å². The number of nitrogens with zero attached hydrogens (tertiary/aromatic N) is 1. The summed E-state index contributed by atoms with van der Waals surface area (Å²) in [6, 6.07) is 6.56. The van der Waals surface area contributed by atoms with Gasteiger partial charge in [-0.3, -0.25) is 0 Å². The summed E-state index contributed by atoms with van der Waals surface area (Å²) in [5.41, 5.74) is 11.8. The van der Waals surface area contributed by atoms with Crippen molar-refractivity contribution in [2.24, 2.45) is 0 Å². The molecule has 0 aliphatic heterocycles. The Morgan fingerprint density at radius 3 is 2.95 bits per heavy atom.